The van der Waals surface area contributed by atoms with Crippen LogP contribution in [0.5, 0.6) is 0 Å². The van der Waals surface area contributed by atoms with Crippen LogP contribution in [0, 0.1) is 12.7 Å². The smallest absolute Gasteiger partial charge is 0.258 e. The van der Waals surface area contributed by atoms with E-state index < -0.39 is 0 Å². The zero-order valence-corrected chi connectivity index (χ0v) is 16.2. The lowest BCUT2D eigenvalue weighted by Gasteiger charge is -2.06. The number of hydrogen-bond donors (Lipinski definition) is 0. The summed E-state index contributed by atoms with van der Waals surface area (Å²) in [6, 6.07) is 13.6. The molecule has 27 heavy (non-hydrogen) atoms. The van der Waals surface area contributed by atoms with Crippen LogP contribution in [0.1, 0.15) is 17.1 Å². The van der Waals surface area contributed by atoms with E-state index in [1.165, 1.54) is 12.1 Å². The molecule has 0 saturated carbocycles. The number of hydrogen-bond acceptors (Lipinski definition) is 5. The number of benzene rings is 1. The van der Waals surface area contributed by atoms with E-state index in [9.17, 15) is 9.18 Å². The van der Waals surface area contributed by atoms with Crippen LogP contribution in [-0.4, -0.2) is 14.4 Å². The fourth-order valence-electron chi connectivity index (χ4n) is 2.80. The van der Waals surface area contributed by atoms with Crippen LogP contribution >= 0.6 is 23.1 Å². The number of pyridine rings is 1. The summed E-state index contributed by atoms with van der Waals surface area (Å²) in [5, 5.41) is 2.89. The first-order chi connectivity index (χ1) is 13.1. The Morgan fingerprint density at radius 3 is 2.67 bits per heavy atom. The van der Waals surface area contributed by atoms with Crippen LogP contribution in [-0.2, 0) is 11.5 Å². The zero-order chi connectivity index (χ0) is 18.8. The Bertz CT molecular complexity index is 1150. The van der Waals surface area contributed by atoms with Crippen LogP contribution in [0.3, 0.4) is 0 Å². The molecule has 0 N–H and O–H groups in total. The first kappa shape index (κ1) is 17.9. The highest BCUT2D eigenvalue weighted by molar-refractivity contribution is 7.97. The molecular weight excluding hydrogens is 381 g/mol. The molecule has 136 valence electrons. The van der Waals surface area contributed by atoms with E-state index in [-0.39, 0.29) is 11.4 Å². The van der Waals surface area contributed by atoms with Gasteiger partial charge in [0.25, 0.3) is 5.56 Å². The van der Waals surface area contributed by atoms with Gasteiger partial charge in [0.05, 0.1) is 11.4 Å². The average molecular weight is 398 g/mol. The van der Waals surface area contributed by atoms with Crippen LogP contribution in [0.15, 0.2) is 58.7 Å². The van der Waals surface area contributed by atoms with Gasteiger partial charge < -0.3 is 0 Å². The maximum absolute atomic E-state index is 13.0. The van der Waals surface area contributed by atoms with Gasteiger partial charge in [0.1, 0.15) is 16.5 Å². The lowest BCUT2D eigenvalue weighted by Crippen LogP contribution is -2.17. The Morgan fingerprint density at radius 2 is 1.85 bits per heavy atom. The van der Waals surface area contributed by atoms with Crippen LogP contribution in [0.2, 0.25) is 0 Å². The van der Waals surface area contributed by atoms with Gasteiger partial charge in [-0.1, -0.05) is 6.07 Å². The molecule has 0 bridgehead atoms. The van der Waals surface area contributed by atoms with Crippen LogP contribution < -0.4 is 5.56 Å². The zero-order valence-electron chi connectivity index (χ0n) is 14.6. The largest absolute Gasteiger partial charge is 0.269 e. The molecule has 7 heteroatoms. The summed E-state index contributed by atoms with van der Waals surface area (Å²) in [4.78, 5) is 21.5. The molecule has 0 aliphatic carbocycles. The summed E-state index contributed by atoms with van der Waals surface area (Å²) in [7, 11) is 0. The minimum absolute atomic E-state index is 0.0547. The normalized spacial score (nSPS) is 11.2. The van der Waals surface area contributed by atoms with Crippen molar-refractivity contribution in [1.82, 2.24) is 14.4 Å². The molecule has 0 unspecified atom stereocenters. The standard InChI is InChI=1S/C20H16FN3OS2/c1-13-3-2-4-18-22-16(9-19(25)24(13)18)10-26-11-17-12-27-20(23-17)14-5-7-15(21)8-6-14/h2-9,12H,10-11H2,1H3. The average Bonchev–Trinajstić information content (AvgIpc) is 3.11. The van der Waals surface area contributed by atoms with E-state index in [1.807, 2.05) is 30.5 Å². The van der Waals surface area contributed by atoms with E-state index in [1.54, 1.807) is 45.7 Å². The molecule has 0 fully saturated rings. The SMILES string of the molecule is Cc1cccc2nc(CSCc3csc(-c4ccc(F)cc4)n3)cc(=O)n12. The summed E-state index contributed by atoms with van der Waals surface area (Å²) in [5.74, 6) is 1.12. The second-order valence-electron chi connectivity index (χ2n) is 6.09. The number of nitrogens with zero attached hydrogens (tertiary/aromatic N) is 3. The van der Waals surface area contributed by atoms with Crippen molar-refractivity contribution in [1.29, 1.82) is 0 Å². The maximum Gasteiger partial charge on any atom is 0.258 e. The second kappa shape index (κ2) is 7.62. The number of thioether (sulfide) groups is 1. The summed E-state index contributed by atoms with van der Waals surface area (Å²) < 4.78 is 14.6. The molecule has 0 spiro atoms. The Labute approximate surface area is 163 Å². The lowest BCUT2D eigenvalue weighted by atomic mass is 10.2. The molecule has 0 aliphatic heterocycles. The summed E-state index contributed by atoms with van der Waals surface area (Å²) >= 11 is 3.21. The number of thiazole rings is 1. The summed E-state index contributed by atoms with van der Waals surface area (Å²) in [6.45, 7) is 1.89. The Kier molecular flexibility index (Phi) is 5.05. The molecule has 1 aromatic carbocycles. The molecule has 0 aliphatic rings. The summed E-state index contributed by atoms with van der Waals surface area (Å²) in [6.07, 6.45) is 0. The molecule has 4 aromatic rings. The first-order valence-electron chi connectivity index (χ1n) is 8.36. The quantitative estimate of drug-likeness (QED) is 0.490. The van der Waals surface area contributed by atoms with Crippen LogP contribution in [0.4, 0.5) is 4.39 Å². The number of halogens is 1. The van der Waals surface area contributed by atoms with Crippen molar-refractivity contribution in [2.75, 3.05) is 0 Å². The van der Waals surface area contributed by atoms with Crippen molar-refractivity contribution in [3.8, 4) is 10.6 Å². The second-order valence-corrected chi connectivity index (χ2v) is 7.93. The Balaban J connectivity index is 1.44. The third-order valence-corrected chi connectivity index (χ3v) is 6.02. The van der Waals surface area contributed by atoms with Crippen LogP contribution in [0.25, 0.3) is 16.2 Å². The molecule has 0 saturated heterocycles. The van der Waals surface area contributed by atoms with Crippen molar-refractivity contribution in [2.24, 2.45) is 0 Å². The third-order valence-electron chi connectivity index (χ3n) is 4.08. The topological polar surface area (TPSA) is 47.3 Å². The van der Waals surface area contributed by atoms with Gasteiger partial charge in [-0.25, -0.2) is 14.4 Å². The first-order valence-corrected chi connectivity index (χ1v) is 10.4. The molecule has 3 aromatic heterocycles. The highest BCUT2D eigenvalue weighted by atomic mass is 32.2. The van der Waals surface area contributed by atoms with E-state index in [0.29, 0.717) is 11.4 Å². The predicted octanol–water partition coefficient (Wildman–Crippen LogP) is 4.70. The fourth-order valence-corrected chi connectivity index (χ4v) is 4.54. The molecule has 0 radical (unpaired) electrons. The van der Waals surface area contributed by atoms with Crippen molar-refractivity contribution in [2.45, 2.75) is 18.4 Å². The highest BCUT2D eigenvalue weighted by Gasteiger charge is 2.07. The number of aryl methyl sites for hydroxylation is 1. The van der Waals surface area contributed by atoms with Crippen molar-refractivity contribution in [3.63, 3.8) is 0 Å². The monoisotopic (exact) mass is 397 g/mol. The van der Waals surface area contributed by atoms with Gasteiger partial charge in [0, 0.05) is 34.2 Å². The molecule has 0 amide bonds. The summed E-state index contributed by atoms with van der Waals surface area (Å²) in [5.41, 5.74) is 4.14. The number of rotatable bonds is 5. The van der Waals surface area contributed by atoms with Gasteiger partial charge in [0.2, 0.25) is 0 Å². The molecule has 0 atom stereocenters. The van der Waals surface area contributed by atoms with Gasteiger partial charge in [0.15, 0.2) is 0 Å². The fraction of sp³-hybridized carbons (Fsp3) is 0.150. The van der Waals surface area contributed by atoms with Crippen molar-refractivity contribution >= 4 is 28.7 Å². The minimum atomic E-state index is -0.250. The van der Waals surface area contributed by atoms with E-state index in [4.69, 9.17) is 0 Å². The van der Waals surface area contributed by atoms with Gasteiger partial charge in [-0.15, -0.1) is 23.1 Å². The van der Waals surface area contributed by atoms with Gasteiger partial charge >= 0.3 is 0 Å². The lowest BCUT2D eigenvalue weighted by molar-refractivity contribution is 0.628. The van der Waals surface area contributed by atoms with E-state index in [2.05, 4.69) is 9.97 Å². The van der Waals surface area contributed by atoms with E-state index in [0.717, 1.165) is 33.4 Å². The van der Waals surface area contributed by atoms with E-state index >= 15 is 0 Å². The van der Waals surface area contributed by atoms with Crippen molar-refractivity contribution < 1.29 is 4.39 Å². The predicted molar refractivity (Wildman–Crippen MR) is 109 cm³/mol. The number of fused-ring (bicyclic) bond motifs is 1. The van der Waals surface area contributed by atoms with Gasteiger partial charge in [-0.3, -0.25) is 9.20 Å². The Hall–Kier alpha value is -2.51. The Morgan fingerprint density at radius 1 is 1.07 bits per heavy atom. The minimum Gasteiger partial charge on any atom is -0.269 e. The van der Waals surface area contributed by atoms with Gasteiger partial charge in [-0.05, 0) is 43.3 Å². The third kappa shape index (κ3) is 3.94. The van der Waals surface area contributed by atoms with Crippen molar-refractivity contribution in [3.05, 3.63) is 87.2 Å². The molecular formula is C20H16FN3OS2. The molecule has 4 nitrogen and oxygen atoms in total. The highest BCUT2D eigenvalue weighted by Crippen LogP contribution is 2.26. The molecule has 4 rings (SSSR count). The number of aromatic nitrogens is 3. The van der Waals surface area contributed by atoms with Gasteiger partial charge in [-0.2, -0.15) is 0 Å². The maximum atomic E-state index is 13.0. The molecule has 3 heterocycles.